The average molecular weight is 394 g/mol. The summed E-state index contributed by atoms with van der Waals surface area (Å²) in [5.41, 5.74) is -0.0658. The third-order valence-corrected chi connectivity index (χ3v) is 4.28. The van der Waals surface area contributed by atoms with E-state index in [0.717, 1.165) is 38.1 Å². The summed E-state index contributed by atoms with van der Waals surface area (Å²) < 4.78 is 43.7. The maximum atomic E-state index is 12.7. The first-order valence-electron chi connectivity index (χ1n) is 9.02. The third kappa shape index (κ3) is 5.34. The zero-order chi connectivity index (χ0) is 20.1. The minimum Gasteiger partial charge on any atom is -0.467 e. The lowest BCUT2D eigenvalue weighted by molar-refractivity contribution is -0.137. The molecule has 1 aromatic carbocycles. The highest BCUT2D eigenvalue weighted by Crippen LogP contribution is 2.30. The van der Waals surface area contributed by atoms with Crippen LogP contribution in [0.1, 0.15) is 30.5 Å². The number of amides is 1. The van der Waals surface area contributed by atoms with Gasteiger partial charge in [-0.1, -0.05) is 6.07 Å². The van der Waals surface area contributed by atoms with E-state index in [1.807, 2.05) is 6.92 Å². The zero-order valence-corrected chi connectivity index (χ0v) is 15.4. The Labute approximate surface area is 160 Å². The van der Waals surface area contributed by atoms with Crippen molar-refractivity contribution in [1.29, 1.82) is 0 Å². The van der Waals surface area contributed by atoms with E-state index in [4.69, 9.17) is 4.74 Å². The van der Waals surface area contributed by atoms with E-state index < -0.39 is 17.6 Å². The van der Waals surface area contributed by atoms with Gasteiger partial charge in [0.1, 0.15) is 0 Å². The molecule has 2 aromatic rings. The summed E-state index contributed by atoms with van der Waals surface area (Å²) in [6, 6.07) is 6.05. The summed E-state index contributed by atoms with van der Waals surface area (Å²) >= 11 is 0. The molecule has 0 bridgehead atoms. The number of nitrogens with zero attached hydrogens (tertiary/aromatic N) is 3. The predicted molar refractivity (Wildman–Crippen MR) is 98.4 cm³/mol. The standard InChI is InChI=1S/C19H21F3N4O2/c1-13-10-17(25-18(23-13)26-8-3-2-4-9-26)28-12-16(27)24-15-7-5-6-14(11-15)19(20,21)22/h5-7,10-11H,2-4,8-9,12H2,1H3,(H,24,27). The van der Waals surface area contributed by atoms with E-state index in [1.165, 1.54) is 18.6 Å². The quantitative estimate of drug-likeness (QED) is 0.835. The van der Waals surface area contributed by atoms with Gasteiger partial charge < -0.3 is 15.0 Å². The van der Waals surface area contributed by atoms with Crippen LogP contribution < -0.4 is 15.0 Å². The Kier molecular flexibility index (Phi) is 6.01. The molecule has 1 fully saturated rings. The van der Waals surface area contributed by atoms with E-state index in [-0.39, 0.29) is 18.2 Å². The number of alkyl halides is 3. The highest BCUT2D eigenvalue weighted by atomic mass is 19.4. The maximum absolute atomic E-state index is 12.7. The van der Waals surface area contributed by atoms with Gasteiger partial charge in [-0.15, -0.1) is 0 Å². The Balaban J connectivity index is 1.61. The van der Waals surface area contributed by atoms with Crippen LogP contribution in [0.15, 0.2) is 30.3 Å². The molecular weight excluding hydrogens is 373 g/mol. The molecule has 2 heterocycles. The average Bonchev–Trinajstić information content (AvgIpc) is 2.66. The molecule has 28 heavy (non-hydrogen) atoms. The maximum Gasteiger partial charge on any atom is 0.416 e. The predicted octanol–water partition coefficient (Wildman–Crippen LogP) is 3.81. The molecule has 1 amide bonds. The smallest absolute Gasteiger partial charge is 0.416 e. The fraction of sp³-hybridized carbons (Fsp3) is 0.421. The highest BCUT2D eigenvalue weighted by molar-refractivity contribution is 5.91. The summed E-state index contributed by atoms with van der Waals surface area (Å²) in [5.74, 6) is 0.246. The van der Waals surface area contributed by atoms with Gasteiger partial charge in [-0.3, -0.25) is 4.79 Å². The molecule has 1 aromatic heterocycles. The molecule has 1 N–H and O–H groups in total. The van der Waals surface area contributed by atoms with Crippen LogP contribution in [0.2, 0.25) is 0 Å². The van der Waals surface area contributed by atoms with Crippen molar-refractivity contribution >= 4 is 17.5 Å². The van der Waals surface area contributed by atoms with Crippen molar-refractivity contribution in [1.82, 2.24) is 9.97 Å². The van der Waals surface area contributed by atoms with Crippen molar-refractivity contribution in [2.75, 3.05) is 29.9 Å². The van der Waals surface area contributed by atoms with Gasteiger partial charge in [0.2, 0.25) is 11.8 Å². The van der Waals surface area contributed by atoms with Gasteiger partial charge in [0.25, 0.3) is 5.91 Å². The second kappa shape index (κ2) is 8.45. The first-order valence-corrected chi connectivity index (χ1v) is 9.02. The number of aryl methyl sites for hydroxylation is 1. The minimum absolute atomic E-state index is 0.0521. The van der Waals surface area contributed by atoms with Crippen molar-refractivity contribution in [3.05, 3.63) is 41.6 Å². The van der Waals surface area contributed by atoms with Crippen molar-refractivity contribution in [2.45, 2.75) is 32.4 Å². The number of carbonyl (C=O) groups is 1. The second-order valence-electron chi connectivity index (χ2n) is 6.61. The van der Waals surface area contributed by atoms with Crippen molar-refractivity contribution < 1.29 is 22.7 Å². The molecule has 0 aliphatic carbocycles. The Hall–Kier alpha value is -2.84. The molecular formula is C19H21F3N4O2. The van der Waals surface area contributed by atoms with E-state index in [2.05, 4.69) is 20.2 Å². The molecule has 0 saturated carbocycles. The van der Waals surface area contributed by atoms with E-state index in [1.54, 1.807) is 6.07 Å². The highest BCUT2D eigenvalue weighted by Gasteiger charge is 2.30. The largest absolute Gasteiger partial charge is 0.467 e. The van der Waals surface area contributed by atoms with Crippen LogP contribution in [-0.4, -0.2) is 35.6 Å². The van der Waals surface area contributed by atoms with E-state index >= 15 is 0 Å². The Bertz CT molecular complexity index is 836. The molecule has 1 aliphatic heterocycles. The molecule has 150 valence electrons. The number of piperidine rings is 1. The van der Waals surface area contributed by atoms with Gasteiger partial charge in [0.15, 0.2) is 6.61 Å². The van der Waals surface area contributed by atoms with Crippen LogP contribution in [0.4, 0.5) is 24.8 Å². The monoisotopic (exact) mass is 394 g/mol. The molecule has 0 atom stereocenters. The van der Waals surface area contributed by atoms with Crippen molar-refractivity contribution in [3.8, 4) is 5.88 Å². The normalized spacial score (nSPS) is 14.6. The number of nitrogens with one attached hydrogen (secondary N) is 1. The SMILES string of the molecule is Cc1cc(OCC(=O)Nc2cccc(C(F)(F)F)c2)nc(N2CCCCC2)n1. The third-order valence-electron chi connectivity index (χ3n) is 4.28. The Morgan fingerprint density at radius 3 is 2.64 bits per heavy atom. The van der Waals surface area contributed by atoms with Gasteiger partial charge in [-0.05, 0) is 44.4 Å². The summed E-state index contributed by atoms with van der Waals surface area (Å²) in [5, 5.41) is 2.40. The summed E-state index contributed by atoms with van der Waals surface area (Å²) in [6.07, 6.45) is -1.14. The lowest BCUT2D eigenvalue weighted by Gasteiger charge is -2.26. The van der Waals surface area contributed by atoms with Crippen LogP contribution in [0, 0.1) is 6.92 Å². The fourth-order valence-electron chi connectivity index (χ4n) is 2.94. The lowest BCUT2D eigenvalue weighted by Crippen LogP contribution is -2.31. The topological polar surface area (TPSA) is 67.3 Å². The second-order valence-corrected chi connectivity index (χ2v) is 6.61. The Morgan fingerprint density at radius 2 is 1.93 bits per heavy atom. The van der Waals surface area contributed by atoms with Gasteiger partial charge in [-0.25, -0.2) is 4.98 Å². The minimum atomic E-state index is -4.47. The first kappa shape index (κ1) is 19.9. The molecule has 9 heteroatoms. The molecule has 3 rings (SSSR count). The van der Waals surface area contributed by atoms with Crippen molar-refractivity contribution in [3.63, 3.8) is 0 Å². The Morgan fingerprint density at radius 1 is 1.18 bits per heavy atom. The number of hydrogen-bond donors (Lipinski definition) is 1. The molecule has 0 spiro atoms. The number of anilines is 2. The lowest BCUT2D eigenvalue weighted by atomic mass is 10.1. The first-order chi connectivity index (χ1) is 13.3. The van der Waals surface area contributed by atoms with Crippen LogP contribution in [-0.2, 0) is 11.0 Å². The van der Waals surface area contributed by atoms with E-state index in [0.29, 0.717) is 11.6 Å². The fourth-order valence-corrected chi connectivity index (χ4v) is 2.94. The van der Waals surface area contributed by atoms with Gasteiger partial charge in [-0.2, -0.15) is 18.2 Å². The van der Waals surface area contributed by atoms with Gasteiger partial charge >= 0.3 is 6.18 Å². The molecule has 1 saturated heterocycles. The van der Waals surface area contributed by atoms with Crippen LogP contribution >= 0.6 is 0 Å². The number of aromatic nitrogens is 2. The number of rotatable bonds is 5. The van der Waals surface area contributed by atoms with Crippen LogP contribution in [0.5, 0.6) is 5.88 Å². The van der Waals surface area contributed by atoms with Gasteiger partial charge in [0.05, 0.1) is 5.56 Å². The summed E-state index contributed by atoms with van der Waals surface area (Å²) in [6.45, 7) is 3.19. The number of benzene rings is 1. The van der Waals surface area contributed by atoms with Crippen LogP contribution in [0.3, 0.4) is 0 Å². The number of ether oxygens (including phenoxy) is 1. The molecule has 6 nitrogen and oxygen atoms in total. The summed E-state index contributed by atoms with van der Waals surface area (Å²) in [4.78, 5) is 22.9. The molecule has 0 unspecified atom stereocenters. The van der Waals surface area contributed by atoms with E-state index in [9.17, 15) is 18.0 Å². The molecule has 0 radical (unpaired) electrons. The zero-order valence-electron chi connectivity index (χ0n) is 15.4. The molecule has 1 aliphatic rings. The van der Waals surface area contributed by atoms with Crippen molar-refractivity contribution in [2.24, 2.45) is 0 Å². The van der Waals surface area contributed by atoms with Gasteiger partial charge in [0, 0.05) is 30.5 Å². The summed E-state index contributed by atoms with van der Waals surface area (Å²) in [7, 11) is 0. The number of hydrogen-bond acceptors (Lipinski definition) is 5. The number of carbonyl (C=O) groups excluding carboxylic acids is 1. The van der Waals surface area contributed by atoms with Crippen LogP contribution in [0.25, 0.3) is 0 Å². The number of halogens is 3.